The van der Waals surface area contributed by atoms with Gasteiger partial charge in [0.25, 0.3) is 15.5 Å². The Labute approximate surface area is 163 Å². The summed E-state index contributed by atoms with van der Waals surface area (Å²) in [5.41, 5.74) is -0.343. The Morgan fingerprint density at radius 1 is 1.18 bits per heavy atom. The van der Waals surface area contributed by atoms with Crippen molar-refractivity contribution in [2.45, 2.75) is 31.3 Å². The predicted octanol–water partition coefficient (Wildman–Crippen LogP) is 4.51. The summed E-state index contributed by atoms with van der Waals surface area (Å²) in [5.74, 6) is -0.466. The monoisotopic (exact) mass is 430 g/mol. The molecule has 0 radical (unpaired) electrons. The maximum absolute atomic E-state index is 14.4. The van der Waals surface area contributed by atoms with Gasteiger partial charge in [-0.1, -0.05) is 18.2 Å². The van der Waals surface area contributed by atoms with Crippen LogP contribution in [-0.4, -0.2) is 23.4 Å². The second-order valence-corrected chi connectivity index (χ2v) is 8.53. The first-order valence-corrected chi connectivity index (χ1v) is 10.3. The Balaban J connectivity index is 2.08. The number of anilines is 1. The third-order valence-electron chi connectivity index (χ3n) is 4.03. The van der Waals surface area contributed by atoms with Crippen molar-refractivity contribution in [1.29, 1.82) is 0 Å². The zero-order chi connectivity index (χ0) is 20.6. The van der Waals surface area contributed by atoms with Gasteiger partial charge in [-0.05, 0) is 19.9 Å². The Bertz CT molecular complexity index is 1160. The molecule has 0 bridgehead atoms. The van der Waals surface area contributed by atoms with Crippen LogP contribution in [0, 0.1) is 12.7 Å². The standard InChI is InChI=1S/C17H14ClF3N4O2S/c1-8(10-4-3-5-11(15(10)19)16(20)21)23-17-12-6-14(28(18,26)27)22-7-13(12)24-9(2)25-17/h3-8,16H,1-2H3,(H,23,24,25)/t8-/m1/s1. The van der Waals surface area contributed by atoms with E-state index in [0.717, 1.165) is 6.07 Å². The van der Waals surface area contributed by atoms with Gasteiger partial charge in [-0.25, -0.2) is 36.5 Å². The molecule has 28 heavy (non-hydrogen) atoms. The average molecular weight is 431 g/mol. The van der Waals surface area contributed by atoms with E-state index in [-0.39, 0.29) is 16.8 Å². The molecule has 0 aliphatic carbocycles. The molecule has 1 N–H and O–H groups in total. The maximum atomic E-state index is 14.4. The molecule has 6 nitrogen and oxygen atoms in total. The van der Waals surface area contributed by atoms with Gasteiger partial charge in [-0.2, -0.15) is 0 Å². The molecule has 0 fully saturated rings. The zero-order valence-electron chi connectivity index (χ0n) is 14.6. The number of benzene rings is 1. The minimum atomic E-state index is -4.09. The molecule has 0 aliphatic rings. The SMILES string of the molecule is Cc1nc(N[C@H](C)c2cccc(C(F)F)c2F)c2cc(S(=O)(=O)Cl)ncc2n1. The Morgan fingerprint density at radius 3 is 2.50 bits per heavy atom. The molecular weight excluding hydrogens is 417 g/mol. The summed E-state index contributed by atoms with van der Waals surface area (Å²) in [5, 5.41) is 2.82. The summed E-state index contributed by atoms with van der Waals surface area (Å²) < 4.78 is 63.5. The summed E-state index contributed by atoms with van der Waals surface area (Å²) in [4.78, 5) is 12.1. The van der Waals surface area contributed by atoms with Gasteiger partial charge in [0, 0.05) is 21.6 Å². The first-order chi connectivity index (χ1) is 13.1. The van der Waals surface area contributed by atoms with Gasteiger partial charge in [0.05, 0.1) is 23.3 Å². The molecule has 0 saturated carbocycles. The number of aromatic nitrogens is 3. The maximum Gasteiger partial charge on any atom is 0.278 e. The van der Waals surface area contributed by atoms with E-state index in [9.17, 15) is 21.6 Å². The first-order valence-electron chi connectivity index (χ1n) is 8.00. The second kappa shape index (κ2) is 7.51. The van der Waals surface area contributed by atoms with E-state index < -0.39 is 37.9 Å². The van der Waals surface area contributed by atoms with E-state index in [0.29, 0.717) is 11.3 Å². The summed E-state index contributed by atoms with van der Waals surface area (Å²) in [7, 11) is 1.25. The molecule has 2 heterocycles. The number of fused-ring (bicyclic) bond motifs is 1. The molecule has 0 unspecified atom stereocenters. The Kier molecular flexibility index (Phi) is 5.44. The van der Waals surface area contributed by atoms with Crippen molar-refractivity contribution in [1.82, 2.24) is 15.0 Å². The first kappa shape index (κ1) is 20.3. The molecule has 0 saturated heterocycles. The normalized spacial score (nSPS) is 13.1. The van der Waals surface area contributed by atoms with E-state index in [2.05, 4.69) is 20.3 Å². The fourth-order valence-corrected chi connectivity index (χ4v) is 3.42. The number of alkyl halides is 2. The van der Waals surface area contributed by atoms with Crippen LogP contribution in [0.25, 0.3) is 10.9 Å². The predicted molar refractivity (Wildman–Crippen MR) is 98.5 cm³/mol. The highest BCUT2D eigenvalue weighted by molar-refractivity contribution is 8.13. The molecule has 0 spiro atoms. The summed E-state index contributed by atoms with van der Waals surface area (Å²) >= 11 is 0. The molecule has 0 amide bonds. The summed E-state index contributed by atoms with van der Waals surface area (Å²) in [6.45, 7) is 3.18. The van der Waals surface area contributed by atoms with Gasteiger partial charge >= 0.3 is 0 Å². The van der Waals surface area contributed by atoms with Gasteiger partial charge in [-0.3, -0.25) is 0 Å². The summed E-state index contributed by atoms with van der Waals surface area (Å²) in [6.07, 6.45) is -1.72. The lowest BCUT2D eigenvalue weighted by Gasteiger charge is -2.18. The van der Waals surface area contributed by atoms with Crippen LogP contribution in [0.3, 0.4) is 0 Å². The molecule has 2 aromatic heterocycles. The molecule has 3 rings (SSSR count). The topological polar surface area (TPSA) is 84.8 Å². The highest BCUT2D eigenvalue weighted by Gasteiger charge is 2.21. The third kappa shape index (κ3) is 4.02. The van der Waals surface area contributed by atoms with Crippen LogP contribution in [0.4, 0.5) is 19.0 Å². The van der Waals surface area contributed by atoms with Crippen molar-refractivity contribution < 1.29 is 21.6 Å². The van der Waals surface area contributed by atoms with Crippen LogP contribution in [0.2, 0.25) is 0 Å². The fourth-order valence-electron chi connectivity index (χ4n) is 2.73. The van der Waals surface area contributed by atoms with Gasteiger partial charge in [0.15, 0.2) is 5.03 Å². The largest absolute Gasteiger partial charge is 0.363 e. The van der Waals surface area contributed by atoms with Gasteiger partial charge in [-0.15, -0.1) is 0 Å². The van der Waals surface area contributed by atoms with E-state index in [4.69, 9.17) is 10.7 Å². The van der Waals surface area contributed by atoms with Crippen LogP contribution in [0.15, 0.2) is 35.5 Å². The van der Waals surface area contributed by atoms with Crippen molar-refractivity contribution in [3.8, 4) is 0 Å². The van der Waals surface area contributed by atoms with Crippen LogP contribution in [0.5, 0.6) is 0 Å². The second-order valence-electron chi connectivity index (χ2n) is 6.01. The molecule has 3 aromatic rings. The van der Waals surface area contributed by atoms with Crippen LogP contribution in [-0.2, 0) is 9.05 Å². The van der Waals surface area contributed by atoms with Gasteiger partial charge in [0.2, 0.25) is 0 Å². The number of pyridine rings is 1. The minimum Gasteiger partial charge on any atom is -0.363 e. The van der Waals surface area contributed by atoms with E-state index in [1.807, 2.05) is 0 Å². The number of halogens is 4. The number of hydrogen-bond acceptors (Lipinski definition) is 6. The van der Waals surface area contributed by atoms with Crippen molar-refractivity contribution >= 4 is 36.5 Å². The number of nitrogens with one attached hydrogen (secondary N) is 1. The molecule has 148 valence electrons. The lowest BCUT2D eigenvalue weighted by Crippen LogP contribution is -2.12. The number of rotatable bonds is 5. The lowest BCUT2D eigenvalue weighted by atomic mass is 10.0. The van der Waals surface area contributed by atoms with Crippen LogP contribution < -0.4 is 5.32 Å². The molecule has 1 atom stereocenters. The third-order valence-corrected chi connectivity index (χ3v) is 5.23. The Hall–Kier alpha value is -2.46. The van der Waals surface area contributed by atoms with Crippen LogP contribution in [0.1, 0.15) is 36.3 Å². The van der Waals surface area contributed by atoms with E-state index >= 15 is 0 Å². The van der Waals surface area contributed by atoms with Crippen molar-refractivity contribution in [2.24, 2.45) is 0 Å². The number of nitrogens with zero attached hydrogens (tertiary/aromatic N) is 3. The zero-order valence-corrected chi connectivity index (χ0v) is 16.2. The summed E-state index contributed by atoms with van der Waals surface area (Å²) in [6, 6.07) is 4.18. The van der Waals surface area contributed by atoms with Crippen molar-refractivity contribution in [2.75, 3.05) is 5.32 Å². The highest BCUT2D eigenvalue weighted by Crippen LogP contribution is 2.30. The quantitative estimate of drug-likeness (QED) is 0.599. The average Bonchev–Trinajstić information content (AvgIpc) is 2.60. The molecule has 0 aliphatic heterocycles. The van der Waals surface area contributed by atoms with Crippen molar-refractivity contribution in [3.63, 3.8) is 0 Å². The van der Waals surface area contributed by atoms with Crippen LogP contribution >= 0.6 is 10.7 Å². The van der Waals surface area contributed by atoms with E-state index in [1.54, 1.807) is 13.8 Å². The van der Waals surface area contributed by atoms with E-state index in [1.165, 1.54) is 24.4 Å². The smallest absolute Gasteiger partial charge is 0.278 e. The lowest BCUT2D eigenvalue weighted by molar-refractivity contribution is 0.146. The van der Waals surface area contributed by atoms with Gasteiger partial charge < -0.3 is 5.32 Å². The van der Waals surface area contributed by atoms with Gasteiger partial charge in [0.1, 0.15) is 17.5 Å². The molecular formula is C17H14ClF3N4O2S. The minimum absolute atomic E-state index is 0.0152. The molecule has 11 heteroatoms. The molecule has 1 aromatic carbocycles. The number of aryl methyl sites for hydroxylation is 1. The fraction of sp³-hybridized carbons (Fsp3) is 0.235. The van der Waals surface area contributed by atoms with Crippen molar-refractivity contribution in [3.05, 3.63) is 53.2 Å². The number of hydrogen-bond donors (Lipinski definition) is 1. The Morgan fingerprint density at radius 2 is 1.86 bits per heavy atom. The highest BCUT2D eigenvalue weighted by atomic mass is 35.7.